The third-order valence-electron chi connectivity index (χ3n) is 5.90. The van der Waals surface area contributed by atoms with Crippen molar-refractivity contribution < 1.29 is 23.5 Å². The first kappa shape index (κ1) is 22.9. The third kappa shape index (κ3) is 4.62. The molecular formula is C22H27F2N5O4. The number of aromatic nitrogens is 3. The van der Waals surface area contributed by atoms with E-state index in [1.807, 2.05) is 13.8 Å². The van der Waals surface area contributed by atoms with Gasteiger partial charge in [-0.05, 0) is 31.3 Å². The largest absolute Gasteiger partial charge is 0.494 e. The van der Waals surface area contributed by atoms with E-state index in [1.165, 1.54) is 27.8 Å². The molecule has 178 valence electrons. The molecule has 2 N–H and O–H groups in total. The Bertz CT molecular complexity index is 1170. The molecule has 1 saturated carbocycles. The molecule has 0 aromatic carbocycles. The monoisotopic (exact) mass is 463 g/mol. The number of carbonyl (C=O) groups is 2. The molecule has 2 aliphatic rings. The number of fused-ring (bicyclic) bond motifs is 1. The molecule has 0 spiro atoms. The minimum absolute atomic E-state index is 0.00271. The molecule has 1 atom stereocenters. The van der Waals surface area contributed by atoms with Crippen molar-refractivity contribution in [2.24, 2.45) is 11.8 Å². The lowest BCUT2D eigenvalue weighted by Gasteiger charge is -2.17. The van der Waals surface area contributed by atoms with Crippen LogP contribution in [0.3, 0.4) is 0 Å². The summed E-state index contributed by atoms with van der Waals surface area (Å²) in [7, 11) is 0. The molecule has 2 aromatic heterocycles. The van der Waals surface area contributed by atoms with Crippen LogP contribution in [0.25, 0.3) is 11.7 Å². The van der Waals surface area contributed by atoms with Crippen LogP contribution in [0.15, 0.2) is 17.1 Å². The predicted octanol–water partition coefficient (Wildman–Crippen LogP) is 1.88. The average molecular weight is 463 g/mol. The fraction of sp³-hybridized carbons (Fsp3) is 0.545. The lowest BCUT2D eigenvalue weighted by atomic mass is 10.1. The van der Waals surface area contributed by atoms with Gasteiger partial charge in [-0.1, -0.05) is 13.8 Å². The number of hydrogen-bond acceptors (Lipinski definition) is 5. The van der Waals surface area contributed by atoms with Crippen molar-refractivity contribution in [3.8, 4) is 5.88 Å². The maximum atomic E-state index is 13.0. The molecular weight excluding hydrogens is 436 g/mol. The maximum absolute atomic E-state index is 13.0. The van der Waals surface area contributed by atoms with Gasteiger partial charge in [0.1, 0.15) is 5.65 Å². The molecule has 1 aliphatic carbocycles. The zero-order valence-electron chi connectivity index (χ0n) is 18.5. The predicted molar refractivity (Wildman–Crippen MR) is 116 cm³/mol. The van der Waals surface area contributed by atoms with Gasteiger partial charge in [0.15, 0.2) is 5.56 Å². The van der Waals surface area contributed by atoms with E-state index in [2.05, 4.69) is 10.4 Å². The lowest BCUT2D eigenvalue weighted by Crippen LogP contribution is -2.34. The Morgan fingerprint density at radius 2 is 2.03 bits per heavy atom. The van der Waals surface area contributed by atoms with E-state index in [9.17, 15) is 28.3 Å². The van der Waals surface area contributed by atoms with Crippen LogP contribution in [0.1, 0.15) is 49.0 Å². The number of likely N-dealkylation sites (tertiary alicyclic amines) is 1. The van der Waals surface area contributed by atoms with Crippen LogP contribution >= 0.6 is 0 Å². The van der Waals surface area contributed by atoms with E-state index in [1.54, 1.807) is 0 Å². The highest BCUT2D eigenvalue weighted by atomic mass is 19.3. The summed E-state index contributed by atoms with van der Waals surface area (Å²) in [5.74, 6) is -2.29. The van der Waals surface area contributed by atoms with Gasteiger partial charge in [0.25, 0.3) is 11.5 Å². The Labute approximate surface area is 188 Å². The smallest absolute Gasteiger partial charge is 0.291 e. The van der Waals surface area contributed by atoms with E-state index in [-0.39, 0.29) is 42.7 Å². The summed E-state index contributed by atoms with van der Waals surface area (Å²) >= 11 is 0. The Balaban J connectivity index is 1.70. The molecule has 0 radical (unpaired) electrons. The summed E-state index contributed by atoms with van der Waals surface area (Å²) in [5, 5.41) is 17.7. The Kier molecular flexibility index (Phi) is 6.22. The summed E-state index contributed by atoms with van der Waals surface area (Å²) in [6.07, 6.45) is 3.50. The first-order valence-electron chi connectivity index (χ1n) is 11.1. The van der Waals surface area contributed by atoms with Gasteiger partial charge in [-0.2, -0.15) is 9.61 Å². The van der Waals surface area contributed by atoms with E-state index in [0.29, 0.717) is 12.1 Å². The van der Waals surface area contributed by atoms with Gasteiger partial charge in [-0.25, -0.2) is 8.78 Å². The summed E-state index contributed by atoms with van der Waals surface area (Å²) < 4.78 is 28.3. The SMILES string of the molecule is CC(C)Cn1c(O)c(C(=O)NC2CC2)c(=O)n2ncc(C=CC(=O)N3CCC(C(F)F)C3)c12. The highest BCUT2D eigenvalue weighted by Crippen LogP contribution is 2.26. The normalized spacial score (nSPS) is 18.8. The van der Waals surface area contributed by atoms with Gasteiger partial charge < -0.3 is 15.3 Å². The number of alkyl halides is 2. The van der Waals surface area contributed by atoms with Crippen molar-refractivity contribution in [2.75, 3.05) is 13.1 Å². The number of rotatable bonds is 7. The average Bonchev–Trinajstić information content (AvgIpc) is 3.26. The topological polar surface area (TPSA) is 109 Å². The van der Waals surface area contributed by atoms with Crippen LogP contribution in [0.5, 0.6) is 5.88 Å². The number of halogens is 2. The van der Waals surface area contributed by atoms with Crippen molar-refractivity contribution in [3.63, 3.8) is 0 Å². The second-order valence-corrected chi connectivity index (χ2v) is 9.09. The number of nitrogens with zero attached hydrogens (tertiary/aromatic N) is 4. The molecule has 2 fully saturated rings. The standard InChI is InChI=1S/C22H27F2N5O4/c1-12(2)10-28-20-13(3-6-16(30)27-8-7-14(11-27)18(23)24)9-25-29(20)22(33)17(21(28)32)19(31)26-15-4-5-15/h3,6,9,12,14-15,18,32H,4-5,7-8,10-11H2,1-2H3,(H,26,31). The van der Waals surface area contributed by atoms with Gasteiger partial charge in [0, 0.05) is 43.2 Å². The molecule has 33 heavy (non-hydrogen) atoms. The molecule has 11 heteroatoms. The molecule has 2 amide bonds. The van der Waals surface area contributed by atoms with Crippen LogP contribution in [0.4, 0.5) is 8.78 Å². The zero-order valence-corrected chi connectivity index (χ0v) is 18.5. The summed E-state index contributed by atoms with van der Waals surface area (Å²) in [5.41, 5.74) is -0.508. The number of amides is 2. The van der Waals surface area contributed by atoms with Crippen molar-refractivity contribution in [1.29, 1.82) is 0 Å². The summed E-state index contributed by atoms with van der Waals surface area (Å²) in [6.45, 7) is 4.38. The number of carbonyl (C=O) groups excluding carboxylic acids is 2. The fourth-order valence-electron chi connectivity index (χ4n) is 4.01. The Morgan fingerprint density at radius 1 is 1.30 bits per heavy atom. The number of hydrogen-bond donors (Lipinski definition) is 2. The second-order valence-electron chi connectivity index (χ2n) is 9.09. The van der Waals surface area contributed by atoms with Gasteiger partial charge in [0.2, 0.25) is 18.2 Å². The molecule has 9 nitrogen and oxygen atoms in total. The zero-order chi connectivity index (χ0) is 23.9. The summed E-state index contributed by atoms with van der Waals surface area (Å²) in [4.78, 5) is 39.5. The third-order valence-corrected chi connectivity index (χ3v) is 5.90. The van der Waals surface area contributed by atoms with E-state index < -0.39 is 35.6 Å². The van der Waals surface area contributed by atoms with Gasteiger partial charge >= 0.3 is 0 Å². The van der Waals surface area contributed by atoms with Crippen molar-refractivity contribution in [1.82, 2.24) is 24.4 Å². The molecule has 1 saturated heterocycles. The van der Waals surface area contributed by atoms with Crippen LogP contribution in [0, 0.1) is 11.8 Å². The number of nitrogens with one attached hydrogen (secondary N) is 1. The lowest BCUT2D eigenvalue weighted by molar-refractivity contribution is -0.125. The second kappa shape index (κ2) is 8.95. The highest BCUT2D eigenvalue weighted by Gasteiger charge is 2.32. The number of aromatic hydroxyl groups is 1. The molecule has 4 rings (SSSR count). The van der Waals surface area contributed by atoms with Crippen molar-refractivity contribution in [2.45, 2.75) is 52.1 Å². The van der Waals surface area contributed by atoms with Crippen LogP contribution in [0.2, 0.25) is 0 Å². The van der Waals surface area contributed by atoms with E-state index in [4.69, 9.17) is 0 Å². The first-order valence-corrected chi connectivity index (χ1v) is 11.1. The summed E-state index contributed by atoms with van der Waals surface area (Å²) in [6, 6.07) is 0.00271. The molecule has 1 aliphatic heterocycles. The highest BCUT2D eigenvalue weighted by molar-refractivity contribution is 5.97. The molecule has 1 unspecified atom stereocenters. The van der Waals surface area contributed by atoms with E-state index >= 15 is 0 Å². The van der Waals surface area contributed by atoms with Crippen LogP contribution in [-0.2, 0) is 11.3 Å². The minimum Gasteiger partial charge on any atom is -0.494 e. The fourth-order valence-corrected chi connectivity index (χ4v) is 4.01. The molecule has 0 bridgehead atoms. The maximum Gasteiger partial charge on any atom is 0.291 e. The van der Waals surface area contributed by atoms with Crippen molar-refractivity contribution in [3.05, 3.63) is 33.8 Å². The van der Waals surface area contributed by atoms with Gasteiger partial charge in [0.05, 0.1) is 6.20 Å². The van der Waals surface area contributed by atoms with Gasteiger partial charge in [-0.3, -0.25) is 19.0 Å². The molecule has 2 aromatic rings. The Hall–Kier alpha value is -3.24. The van der Waals surface area contributed by atoms with Crippen LogP contribution < -0.4 is 10.9 Å². The first-order chi connectivity index (χ1) is 15.7. The van der Waals surface area contributed by atoms with Crippen molar-refractivity contribution >= 4 is 23.5 Å². The van der Waals surface area contributed by atoms with Crippen LogP contribution in [-0.4, -0.2) is 61.6 Å². The quantitative estimate of drug-likeness (QED) is 0.610. The van der Waals surface area contributed by atoms with E-state index in [0.717, 1.165) is 17.4 Å². The van der Waals surface area contributed by atoms with Gasteiger partial charge in [-0.15, -0.1) is 0 Å². The minimum atomic E-state index is -2.47. The molecule has 3 heterocycles. The Morgan fingerprint density at radius 3 is 2.64 bits per heavy atom.